The molecule has 0 saturated heterocycles. The number of fused-ring (bicyclic) bond motifs is 1. The third-order valence-corrected chi connectivity index (χ3v) is 2.63. The standard InChI is InChI=1S/C9H8BrOP/c10-7-1-2-9-6(3-7)4-8(5-12)11-9/h1-4H,5,12H2. The van der Waals surface area contributed by atoms with Gasteiger partial charge in [0, 0.05) is 16.0 Å². The molecule has 0 aliphatic carbocycles. The van der Waals surface area contributed by atoms with Gasteiger partial charge in [0.25, 0.3) is 0 Å². The molecule has 0 aliphatic heterocycles. The lowest BCUT2D eigenvalue weighted by Crippen LogP contribution is -1.62. The first-order chi connectivity index (χ1) is 5.79. The third-order valence-electron chi connectivity index (χ3n) is 1.73. The molecule has 0 radical (unpaired) electrons. The molecule has 0 spiro atoms. The SMILES string of the molecule is PCc1cc2cc(Br)ccc2o1. The van der Waals surface area contributed by atoms with Crippen LogP contribution in [0, 0.1) is 0 Å². The summed E-state index contributed by atoms with van der Waals surface area (Å²) < 4.78 is 6.62. The number of rotatable bonds is 1. The largest absolute Gasteiger partial charge is 0.461 e. The molecule has 0 N–H and O–H groups in total. The first-order valence-corrected chi connectivity index (χ1v) is 5.28. The number of halogens is 1. The van der Waals surface area contributed by atoms with Gasteiger partial charge in [0.2, 0.25) is 0 Å². The van der Waals surface area contributed by atoms with E-state index in [2.05, 4.69) is 37.3 Å². The van der Waals surface area contributed by atoms with Crippen molar-refractivity contribution in [3.63, 3.8) is 0 Å². The lowest BCUT2D eigenvalue weighted by molar-refractivity contribution is 0.574. The average molecular weight is 243 g/mol. The molecule has 1 unspecified atom stereocenters. The van der Waals surface area contributed by atoms with Gasteiger partial charge in [-0.25, -0.2) is 0 Å². The zero-order valence-electron chi connectivity index (χ0n) is 6.38. The highest BCUT2D eigenvalue weighted by atomic mass is 79.9. The fraction of sp³-hybridized carbons (Fsp3) is 0.111. The summed E-state index contributed by atoms with van der Waals surface area (Å²) in [7, 11) is 2.65. The van der Waals surface area contributed by atoms with Gasteiger partial charge >= 0.3 is 0 Å². The van der Waals surface area contributed by atoms with E-state index in [9.17, 15) is 0 Å². The first kappa shape index (κ1) is 8.28. The highest BCUT2D eigenvalue weighted by Gasteiger charge is 2.01. The summed E-state index contributed by atoms with van der Waals surface area (Å²) in [5.41, 5.74) is 0.954. The fourth-order valence-corrected chi connectivity index (χ4v) is 1.75. The molecular formula is C9H8BrOP. The van der Waals surface area contributed by atoms with Gasteiger partial charge in [0.05, 0.1) is 0 Å². The van der Waals surface area contributed by atoms with Gasteiger partial charge in [-0.1, -0.05) is 15.9 Å². The van der Waals surface area contributed by atoms with Crippen LogP contribution in [0.5, 0.6) is 0 Å². The third kappa shape index (κ3) is 1.41. The second kappa shape index (κ2) is 3.20. The van der Waals surface area contributed by atoms with Gasteiger partial charge in [0.15, 0.2) is 0 Å². The Morgan fingerprint density at radius 1 is 1.33 bits per heavy atom. The molecule has 0 bridgehead atoms. The highest BCUT2D eigenvalue weighted by Crippen LogP contribution is 2.24. The average Bonchev–Trinajstić information content (AvgIpc) is 2.46. The molecule has 1 aromatic carbocycles. The zero-order valence-corrected chi connectivity index (χ0v) is 9.12. The van der Waals surface area contributed by atoms with E-state index in [1.54, 1.807) is 0 Å². The second-order valence-electron chi connectivity index (χ2n) is 2.60. The molecule has 0 aliphatic rings. The van der Waals surface area contributed by atoms with Gasteiger partial charge in [-0.05, 0) is 24.3 Å². The van der Waals surface area contributed by atoms with Crippen molar-refractivity contribution in [2.45, 2.75) is 6.16 Å². The molecule has 2 rings (SSSR count). The highest BCUT2D eigenvalue weighted by molar-refractivity contribution is 9.10. The Labute approximate surface area is 81.5 Å². The summed E-state index contributed by atoms with van der Waals surface area (Å²) in [6, 6.07) is 8.08. The van der Waals surface area contributed by atoms with Crippen molar-refractivity contribution >= 4 is 36.1 Å². The summed E-state index contributed by atoms with van der Waals surface area (Å²) >= 11 is 3.42. The maximum absolute atomic E-state index is 5.53. The molecule has 2 aromatic rings. The first-order valence-electron chi connectivity index (χ1n) is 3.67. The van der Waals surface area contributed by atoms with Crippen LogP contribution in [0.2, 0.25) is 0 Å². The summed E-state index contributed by atoms with van der Waals surface area (Å²) in [4.78, 5) is 0. The van der Waals surface area contributed by atoms with Crippen LogP contribution in [0.25, 0.3) is 11.0 Å². The molecule has 12 heavy (non-hydrogen) atoms. The minimum Gasteiger partial charge on any atom is -0.461 e. The van der Waals surface area contributed by atoms with Crippen molar-refractivity contribution in [3.8, 4) is 0 Å². The Bertz CT molecular complexity index is 408. The Balaban J connectivity index is 2.67. The van der Waals surface area contributed by atoms with Crippen LogP contribution in [-0.4, -0.2) is 0 Å². The smallest absolute Gasteiger partial charge is 0.134 e. The van der Waals surface area contributed by atoms with Gasteiger partial charge in [-0.2, -0.15) is 0 Å². The summed E-state index contributed by atoms with van der Waals surface area (Å²) in [5, 5.41) is 1.15. The molecule has 62 valence electrons. The maximum Gasteiger partial charge on any atom is 0.134 e. The molecule has 1 aromatic heterocycles. The van der Waals surface area contributed by atoms with Crippen molar-refractivity contribution in [1.82, 2.24) is 0 Å². The zero-order chi connectivity index (χ0) is 8.55. The van der Waals surface area contributed by atoms with E-state index in [4.69, 9.17) is 4.42 Å². The van der Waals surface area contributed by atoms with Crippen LogP contribution in [0.3, 0.4) is 0 Å². The van der Waals surface area contributed by atoms with Crippen LogP contribution < -0.4 is 0 Å². The molecular weight excluding hydrogens is 235 g/mol. The lowest BCUT2D eigenvalue weighted by atomic mass is 10.2. The quantitative estimate of drug-likeness (QED) is 0.698. The molecule has 0 fully saturated rings. The molecule has 1 nitrogen and oxygen atoms in total. The number of benzene rings is 1. The summed E-state index contributed by atoms with van der Waals surface area (Å²) in [6.07, 6.45) is 0.867. The van der Waals surface area contributed by atoms with E-state index >= 15 is 0 Å². The van der Waals surface area contributed by atoms with Crippen LogP contribution in [0.15, 0.2) is 33.2 Å². The predicted molar refractivity (Wildman–Crippen MR) is 57.3 cm³/mol. The Morgan fingerprint density at radius 2 is 2.17 bits per heavy atom. The van der Waals surface area contributed by atoms with Crippen molar-refractivity contribution in [2.24, 2.45) is 0 Å². The lowest BCUT2D eigenvalue weighted by Gasteiger charge is -1.87. The van der Waals surface area contributed by atoms with E-state index in [1.165, 1.54) is 0 Å². The fourth-order valence-electron chi connectivity index (χ4n) is 1.17. The van der Waals surface area contributed by atoms with Crippen LogP contribution >= 0.6 is 25.2 Å². The minimum atomic E-state index is 0.867. The molecule has 1 atom stereocenters. The molecule has 0 amide bonds. The number of furan rings is 1. The van der Waals surface area contributed by atoms with Crippen LogP contribution in [0.4, 0.5) is 0 Å². The Morgan fingerprint density at radius 3 is 2.92 bits per heavy atom. The van der Waals surface area contributed by atoms with Crippen LogP contribution in [-0.2, 0) is 6.16 Å². The van der Waals surface area contributed by atoms with E-state index < -0.39 is 0 Å². The summed E-state index contributed by atoms with van der Waals surface area (Å²) in [6.45, 7) is 0. The Hall–Kier alpha value is -0.330. The van der Waals surface area contributed by atoms with E-state index in [-0.39, 0.29) is 0 Å². The normalized spacial score (nSPS) is 10.8. The van der Waals surface area contributed by atoms with Crippen molar-refractivity contribution in [1.29, 1.82) is 0 Å². The van der Waals surface area contributed by atoms with Crippen LogP contribution in [0.1, 0.15) is 5.76 Å². The Kier molecular flexibility index (Phi) is 2.20. The maximum atomic E-state index is 5.53. The van der Waals surface area contributed by atoms with E-state index in [0.29, 0.717) is 0 Å². The number of hydrogen-bond donors (Lipinski definition) is 0. The molecule has 3 heteroatoms. The summed E-state index contributed by atoms with van der Waals surface area (Å²) in [5.74, 6) is 1.01. The van der Waals surface area contributed by atoms with Crippen molar-refractivity contribution < 1.29 is 4.42 Å². The monoisotopic (exact) mass is 242 g/mol. The van der Waals surface area contributed by atoms with Gasteiger partial charge in [-0.3, -0.25) is 0 Å². The van der Waals surface area contributed by atoms with Crippen molar-refractivity contribution in [3.05, 3.63) is 34.5 Å². The minimum absolute atomic E-state index is 0.867. The van der Waals surface area contributed by atoms with Gasteiger partial charge < -0.3 is 4.42 Å². The van der Waals surface area contributed by atoms with E-state index in [1.807, 2.05) is 12.1 Å². The van der Waals surface area contributed by atoms with Crippen molar-refractivity contribution in [2.75, 3.05) is 0 Å². The molecule has 0 saturated carbocycles. The number of hydrogen-bond acceptors (Lipinski definition) is 1. The van der Waals surface area contributed by atoms with Gasteiger partial charge in [-0.15, -0.1) is 9.24 Å². The van der Waals surface area contributed by atoms with E-state index in [0.717, 1.165) is 27.4 Å². The van der Waals surface area contributed by atoms with Gasteiger partial charge in [0.1, 0.15) is 11.3 Å². The predicted octanol–water partition coefficient (Wildman–Crippen LogP) is 3.57. The second-order valence-corrected chi connectivity index (χ2v) is 3.92. The molecule has 1 heterocycles. The topological polar surface area (TPSA) is 13.1 Å².